The van der Waals surface area contributed by atoms with Gasteiger partial charge in [-0.1, -0.05) is 29.3 Å². The van der Waals surface area contributed by atoms with Crippen molar-refractivity contribution in [2.24, 2.45) is 0 Å². The number of benzene rings is 2. The highest BCUT2D eigenvalue weighted by Gasteiger charge is 2.28. The van der Waals surface area contributed by atoms with E-state index in [2.05, 4.69) is 4.90 Å². The van der Waals surface area contributed by atoms with Crippen molar-refractivity contribution >= 4 is 40.2 Å². The molecule has 3 aliphatic rings. The Bertz CT molecular complexity index is 1730. The summed E-state index contributed by atoms with van der Waals surface area (Å²) >= 11 is 12.7. The highest BCUT2D eigenvalue weighted by molar-refractivity contribution is 6.32. The van der Waals surface area contributed by atoms with Crippen LogP contribution in [0.5, 0.6) is 17.4 Å². The summed E-state index contributed by atoms with van der Waals surface area (Å²) in [5.74, 6) is -0.132. The summed E-state index contributed by atoms with van der Waals surface area (Å²) < 4.78 is 39.8. The number of hydrogen-bond acceptors (Lipinski definition) is 8. The van der Waals surface area contributed by atoms with Crippen molar-refractivity contribution in [3.63, 3.8) is 0 Å². The fourth-order valence-electron chi connectivity index (χ4n) is 5.53. The topological polar surface area (TPSA) is 108 Å². The van der Waals surface area contributed by atoms with Crippen LogP contribution in [0, 0.1) is 5.82 Å². The molecule has 42 heavy (non-hydrogen) atoms. The number of hydrogen-bond donors (Lipinski definition) is 1. The van der Waals surface area contributed by atoms with Gasteiger partial charge < -0.3 is 28.6 Å². The Kier molecular flexibility index (Phi) is 7.05. The Morgan fingerprint density at radius 2 is 1.98 bits per heavy atom. The molecule has 0 bridgehead atoms. The van der Waals surface area contributed by atoms with Crippen LogP contribution in [0.4, 0.5) is 4.39 Å². The quantitative estimate of drug-likeness (QED) is 0.285. The zero-order chi connectivity index (χ0) is 29.0. The number of imidazole rings is 1. The van der Waals surface area contributed by atoms with E-state index in [1.54, 1.807) is 16.7 Å². The maximum atomic E-state index is 15.4. The predicted octanol–water partition coefficient (Wildman–Crippen LogP) is 5.23. The molecule has 10 nitrogen and oxygen atoms in total. The highest BCUT2D eigenvalue weighted by Crippen LogP contribution is 2.42. The molecule has 0 saturated carbocycles. The first-order chi connectivity index (χ1) is 20.4. The standard InChI is InChI=1S/C29H25Cl2FN4O6/c30-19-3-1-16(26-27(19)42-14-41-26)13-40-28-20(31)9-15-5-7-35(11-22(15)34-28)12-23-33-21-4-2-18(29(37)38)24(32)25(21)36(23)10-17-6-8-39-17/h1-4,9,17H,5-8,10-14H2,(H,37,38)/t17-/m0/s1. The number of ether oxygens (including phenoxy) is 4. The van der Waals surface area contributed by atoms with Gasteiger partial charge in [0, 0.05) is 25.3 Å². The van der Waals surface area contributed by atoms with E-state index in [1.807, 2.05) is 12.1 Å². The number of carboxylic acids is 1. The minimum atomic E-state index is -1.32. The zero-order valence-electron chi connectivity index (χ0n) is 22.2. The van der Waals surface area contributed by atoms with Crippen molar-refractivity contribution in [2.45, 2.75) is 45.2 Å². The Morgan fingerprint density at radius 1 is 1.14 bits per heavy atom. The zero-order valence-corrected chi connectivity index (χ0v) is 23.8. The van der Waals surface area contributed by atoms with Crippen molar-refractivity contribution in [1.29, 1.82) is 0 Å². The van der Waals surface area contributed by atoms with Crippen molar-refractivity contribution < 1.29 is 33.2 Å². The van der Waals surface area contributed by atoms with Gasteiger partial charge in [-0.25, -0.2) is 19.2 Å². The highest BCUT2D eigenvalue weighted by atomic mass is 35.5. The first-order valence-electron chi connectivity index (χ1n) is 13.5. The van der Waals surface area contributed by atoms with E-state index in [9.17, 15) is 9.90 Å². The molecule has 3 aliphatic heterocycles. The molecular weight excluding hydrogens is 590 g/mol. The molecule has 4 aromatic rings. The molecule has 7 rings (SSSR count). The fourth-order valence-corrected chi connectivity index (χ4v) is 5.96. The second-order valence-corrected chi connectivity index (χ2v) is 11.2. The van der Waals surface area contributed by atoms with Gasteiger partial charge in [-0.05, 0) is 42.7 Å². The van der Waals surface area contributed by atoms with Gasteiger partial charge in [-0.15, -0.1) is 0 Å². The first-order valence-corrected chi connectivity index (χ1v) is 14.2. The van der Waals surface area contributed by atoms with Crippen LogP contribution in [0.1, 0.15) is 39.4 Å². The smallest absolute Gasteiger partial charge is 0.338 e. The van der Waals surface area contributed by atoms with E-state index in [0.29, 0.717) is 78.0 Å². The molecule has 5 heterocycles. The Balaban J connectivity index is 1.13. The Morgan fingerprint density at radius 3 is 2.76 bits per heavy atom. The van der Waals surface area contributed by atoms with Crippen LogP contribution in [0.2, 0.25) is 10.0 Å². The molecule has 2 aromatic heterocycles. The van der Waals surface area contributed by atoms with Gasteiger partial charge in [-0.3, -0.25) is 4.90 Å². The lowest BCUT2D eigenvalue weighted by Gasteiger charge is -2.30. The number of aromatic carboxylic acids is 1. The molecule has 0 unspecified atom stereocenters. The van der Waals surface area contributed by atoms with E-state index >= 15 is 4.39 Å². The number of fused-ring (bicyclic) bond motifs is 3. The van der Waals surface area contributed by atoms with Crippen LogP contribution in [0.25, 0.3) is 11.0 Å². The summed E-state index contributed by atoms with van der Waals surface area (Å²) in [7, 11) is 0. The van der Waals surface area contributed by atoms with Gasteiger partial charge in [0.2, 0.25) is 12.7 Å². The molecule has 13 heteroatoms. The normalized spacial score (nSPS) is 17.7. The van der Waals surface area contributed by atoms with Gasteiger partial charge in [0.05, 0.1) is 41.0 Å². The van der Waals surface area contributed by atoms with Crippen molar-refractivity contribution in [2.75, 3.05) is 19.9 Å². The van der Waals surface area contributed by atoms with Crippen LogP contribution in [-0.2, 0) is 37.4 Å². The number of carboxylic acid groups (broad SMARTS) is 1. The summed E-state index contributed by atoms with van der Waals surface area (Å²) in [6.45, 7) is 2.93. The molecule has 0 spiro atoms. The van der Waals surface area contributed by atoms with Crippen molar-refractivity contribution in [3.8, 4) is 17.4 Å². The molecule has 1 atom stereocenters. The molecule has 1 N–H and O–H groups in total. The van der Waals surface area contributed by atoms with E-state index in [-0.39, 0.29) is 30.6 Å². The van der Waals surface area contributed by atoms with Gasteiger partial charge in [0.1, 0.15) is 23.0 Å². The summed E-state index contributed by atoms with van der Waals surface area (Å²) in [6.07, 6.45) is 1.49. The SMILES string of the molecule is O=C(O)c1ccc2nc(CN3CCc4cc(Cl)c(OCc5ccc(Cl)c6c5OCO6)nc4C3)n(C[C@@H]3CCO3)c2c1F. The number of aromatic nitrogens is 3. The van der Waals surface area contributed by atoms with Crippen LogP contribution in [0.15, 0.2) is 30.3 Å². The monoisotopic (exact) mass is 614 g/mol. The lowest BCUT2D eigenvalue weighted by molar-refractivity contribution is -0.0592. The van der Waals surface area contributed by atoms with Crippen LogP contribution >= 0.6 is 23.2 Å². The van der Waals surface area contributed by atoms with Gasteiger partial charge in [0.25, 0.3) is 0 Å². The minimum absolute atomic E-state index is 0.0709. The lowest BCUT2D eigenvalue weighted by Crippen LogP contribution is -2.34. The molecule has 0 radical (unpaired) electrons. The number of carbonyl (C=O) groups is 1. The molecule has 0 amide bonds. The summed E-state index contributed by atoms with van der Waals surface area (Å²) in [6, 6.07) is 8.23. The summed E-state index contributed by atoms with van der Waals surface area (Å²) in [4.78, 5) is 23.2. The molecule has 1 saturated heterocycles. The molecule has 2 aromatic carbocycles. The predicted molar refractivity (Wildman–Crippen MR) is 150 cm³/mol. The second kappa shape index (κ2) is 10.9. The number of pyridine rings is 1. The second-order valence-electron chi connectivity index (χ2n) is 10.4. The number of halogens is 3. The Labute approximate surface area is 249 Å². The third kappa shape index (κ3) is 4.90. The minimum Gasteiger partial charge on any atom is -0.478 e. The van der Waals surface area contributed by atoms with Crippen LogP contribution < -0.4 is 14.2 Å². The van der Waals surface area contributed by atoms with Crippen LogP contribution in [-0.4, -0.2) is 56.6 Å². The average molecular weight is 615 g/mol. The van der Waals surface area contributed by atoms with Gasteiger partial charge in [-0.2, -0.15) is 0 Å². The Hall–Kier alpha value is -3.64. The molecule has 218 valence electrons. The van der Waals surface area contributed by atoms with E-state index in [1.165, 1.54) is 6.07 Å². The van der Waals surface area contributed by atoms with E-state index in [0.717, 1.165) is 23.2 Å². The molecular formula is C29H25Cl2FN4O6. The molecule has 1 fully saturated rings. The summed E-state index contributed by atoms with van der Waals surface area (Å²) in [5, 5.41) is 10.3. The van der Waals surface area contributed by atoms with Gasteiger partial charge >= 0.3 is 5.97 Å². The van der Waals surface area contributed by atoms with Crippen LogP contribution in [0.3, 0.4) is 0 Å². The van der Waals surface area contributed by atoms with Crippen molar-refractivity contribution in [1.82, 2.24) is 19.4 Å². The maximum Gasteiger partial charge on any atom is 0.338 e. The van der Waals surface area contributed by atoms with Crippen molar-refractivity contribution in [3.05, 3.63) is 74.4 Å². The number of rotatable bonds is 8. The fraction of sp³-hybridized carbons (Fsp3) is 0.345. The third-order valence-corrected chi connectivity index (χ3v) is 8.37. The third-order valence-electron chi connectivity index (χ3n) is 7.80. The lowest BCUT2D eigenvalue weighted by atomic mass is 10.1. The molecule has 0 aliphatic carbocycles. The van der Waals surface area contributed by atoms with E-state index < -0.39 is 11.8 Å². The first kappa shape index (κ1) is 27.2. The summed E-state index contributed by atoms with van der Waals surface area (Å²) in [5.41, 5.74) is 2.83. The number of nitrogens with zero attached hydrogens (tertiary/aromatic N) is 4. The largest absolute Gasteiger partial charge is 0.478 e. The maximum absolute atomic E-state index is 15.4. The van der Waals surface area contributed by atoms with E-state index in [4.69, 9.17) is 52.1 Å². The van der Waals surface area contributed by atoms with Gasteiger partial charge in [0.15, 0.2) is 17.3 Å². The average Bonchev–Trinajstić information content (AvgIpc) is 3.57.